The number of halogens is 1. The first-order chi connectivity index (χ1) is 13.5. The molecule has 1 fully saturated rings. The monoisotopic (exact) mass is 420 g/mol. The fourth-order valence-corrected chi connectivity index (χ4v) is 5.63. The summed E-state index contributed by atoms with van der Waals surface area (Å²) in [5.41, 5.74) is 2.63. The quantitative estimate of drug-likeness (QED) is 0.825. The molecule has 6 nitrogen and oxygen atoms in total. The van der Waals surface area contributed by atoms with Gasteiger partial charge in [0.15, 0.2) is 0 Å². The molecule has 0 saturated carbocycles. The molecule has 0 radical (unpaired) electrons. The van der Waals surface area contributed by atoms with Crippen LogP contribution in [0, 0.1) is 0 Å². The van der Waals surface area contributed by atoms with Gasteiger partial charge in [-0.25, -0.2) is 8.42 Å². The Labute approximate surface area is 169 Å². The summed E-state index contributed by atoms with van der Waals surface area (Å²) < 4.78 is 32.5. The maximum atomic E-state index is 12.9. The van der Waals surface area contributed by atoms with Crippen molar-refractivity contribution in [1.29, 1.82) is 0 Å². The van der Waals surface area contributed by atoms with Crippen molar-refractivity contribution in [1.82, 2.24) is 9.62 Å². The van der Waals surface area contributed by atoms with Gasteiger partial charge in [-0.1, -0.05) is 35.9 Å². The SMILES string of the molecule is O=C(N[C@H]1CCc2ccccc21)c1ccc(Cl)c(S(=O)(=O)N2CCOCC2)c1. The number of fused-ring (bicyclic) bond motifs is 1. The zero-order valence-corrected chi connectivity index (χ0v) is 16.8. The zero-order valence-electron chi connectivity index (χ0n) is 15.2. The van der Waals surface area contributed by atoms with E-state index in [1.807, 2.05) is 18.2 Å². The molecule has 2 aromatic carbocycles. The number of carbonyl (C=O) groups excluding carboxylic acids is 1. The minimum Gasteiger partial charge on any atom is -0.379 e. The summed E-state index contributed by atoms with van der Waals surface area (Å²) in [7, 11) is -3.78. The van der Waals surface area contributed by atoms with Gasteiger partial charge in [0.2, 0.25) is 10.0 Å². The number of hydrogen-bond donors (Lipinski definition) is 1. The number of nitrogens with zero attached hydrogens (tertiary/aromatic N) is 1. The second kappa shape index (κ2) is 7.83. The van der Waals surface area contributed by atoms with Crippen LogP contribution in [0.4, 0.5) is 0 Å². The van der Waals surface area contributed by atoms with E-state index in [-0.39, 0.29) is 40.5 Å². The molecule has 0 unspecified atom stereocenters. The Morgan fingerprint density at radius 2 is 1.89 bits per heavy atom. The van der Waals surface area contributed by atoms with E-state index in [1.165, 1.54) is 22.0 Å². The van der Waals surface area contributed by atoms with Crippen molar-refractivity contribution in [3.8, 4) is 0 Å². The highest BCUT2D eigenvalue weighted by Crippen LogP contribution is 2.31. The number of ether oxygens (including phenoxy) is 1. The van der Waals surface area contributed by atoms with E-state index in [9.17, 15) is 13.2 Å². The average molecular weight is 421 g/mol. The number of hydrogen-bond acceptors (Lipinski definition) is 4. The van der Waals surface area contributed by atoms with Gasteiger partial charge in [0, 0.05) is 18.7 Å². The van der Waals surface area contributed by atoms with E-state index >= 15 is 0 Å². The zero-order chi connectivity index (χ0) is 19.7. The fraction of sp³-hybridized carbons (Fsp3) is 0.350. The molecule has 1 heterocycles. The highest BCUT2D eigenvalue weighted by atomic mass is 35.5. The molecule has 1 saturated heterocycles. The van der Waals surface area contributed by atoms with Gasteiger partial charge in [-0.15, -0.1) is 0 Å². The smallest absolute Gasteiger partial charge is 0.251 e. The normalized spacial score (nSPS) is 20.0. The van der Waals surface area contributed by atoms with Crippen LogP contribution in [0.3, 0.4) is 0 Å². The molecule has 2 aromatic rings. The lowest BCUT2D eigenvalue weighted by molar-refractivity contribution is 0.0730. The maximum absolute atomic E-state index is 12.9. The Bertz CT molecular complexity index is 1000. The molecule has 1 aliphatic carbocycles. The van der Waals surface area contributed by atoms with E-state index in [0.29, 0.717) is 13.2 Å². The van der Waals surface area contributed by atoms with Gasteiger partial charge in [0.05, 0.1) is 24.3 Å². The number of rotatable bonds is 4. The predicted molar refractivity (Wildman–Crippen MR) is 106 cm³/mol. The Morgan fingerprint density at radius 3 is 2.68 bits per heavy atom. The summed E-state index contributed by atoms with van der Waals surface area (Å²) in [6.07, 6.45) is 1.75. The molecule has 1 aliphatic heterocycles. The van der Waals surface area contributed by atoms with Crippen molar-refractivity contribution in [2.45, 2.75) is 23.8 Å². The van der Waals surface area contributed by atoms with Crippen molar-refractivity contribution >= 4 is 27.5 Å². The molecular formula is C20H21ClN2O4S. The number of benzene rings is 2. The van der Waals surface area contributed by atoms with Crippen LogP contribution in [0.15, 0.2) is 47.4 Å². The Kier molecular flexibility index (Phi) is 5.42. The second-order valence-electron chi connectivity index (χ2n) is 6.93. The molecule has 2 aliphatic rings. The molecule has 0 spiro atoms. The van der Waals surface area contributed by atoms with Crippen LogP contribution in [-0.4, -0.2) is 44.9 Å². The van der Waals surface area contributed by atoms with Crippen molar-refractivity contribution in [2.24, 2.45) is 0 Å². The van der Waals surface area contributed by atoms with Crippen molar-refractivity contribution in [3.05, 3.63) is 64.2 Å². The predicted octanol–water partition coefficient (Wildman–Crippen LogP) is 2.78. The van der Waals surface area contributed by atoms with Crippen LogP contribution in [0.1, 0.15) is 33.9 Å². The average Bonchev–Trinajstić information content (AvgIpc) is 3.12. The summed E-state index contributed by atoms with van der Waals surface area (Å²) in [4.78, 5) is 12.7. The van der Waals surface area contributed by atoms with Gasteiger partial charge in [-0.2, -0.15) is 4.31 Å². The Hall–Kier alpha value is -1.93. The molecule has 4 rings (SSSR count). The number of carbonyl (C=O) groups is 1. The molecular weight excluding hydrogens is 400 g/mol. The fourth-order valence-electron chi connectivity index (χ4n) is 3.72. The van der Waals surface area contributed by atoms with Gasteiger partial charge < -0.3 is 10.1 Å². The molecule has 28 heavy (non-hydrogen) atoms. The van der Waals surface area contributed by atoms with E-state index in [1.54, 1.807) is 6.07 Å². The topological polar surface area (TPSA) is 75.7 Å². The third-order valence-electron chi connectivity index (χ3n) is 5.22. The van der Waals surface area contributed by atoms with E-state index in [2.05, 4.69) is 11.4 Å². The molecule has 8 heteroatoms. The maximum Gasteiger partial charge on any atom is 0.251 e. The largest absolute Gasteiger partial charge is 0.379 e. The third-order valence-corrected chi connectivity index (χ3v) is 7.60. The van der Waals surface area contributed by atoms with Crippen LogP contribution in [-0.2, 0) is 21.2 Å². The van der Waals surface area contributed by atoms with Gasteiger partial charge >= 0.3 is 0 Å². The number of aryl methyl sites for hydroxylation is 1. The highest BCUT2D eigenvalue weighted by molar-refractivity contribution is 7.89. The van der Waals surface area contributed by atoms with Gasteiger partial charge in [-0.3, -0.25) is 4.79 Å². The Balaban J connectivity index is 1.58. The number of morpholine rings is 1. The van der Waals surface area contributed by atoms with Crippen LogP contribution >= 0.6 is 11.6 Å². The third kappa shape index (κ3) is 3.67. The molecule has 1 N–H and O–H groups in total. The molecule has 148 valence electrons. The number of sulfonamides is 1. The minimum absolute atomic E-state index is 0.0458. The first-order valence-corrected chi connectivity index (χ1v) is 11.0. The summed E-state index contributed by atoms with van der Waals surface area (Å²) >= 11 is 6.17. The lowest BCUT2D eigenvalue weighted by Crippen LogP contribution is -2.40. The molecule has 0 bridgehead atoms. The number of amides is 1. The Morgan fingerprint density at radius 1 is 1.14 bits per heavy atom. The lowest BCUT2D eigenvalue weighted by atomic mass is 10.1. The summed E-state index contributed by atoms with van der Waals surface area (Å²) in [6.45, 7) is 1.23. The second-order valence-corrected chi connectivity index (χ2v) is 9.24. The van der Waals surface area contributed by atoms with E-state index < -0.39 is 10.0 Å². The molecule has 1 amide bonds. The summed E-state index contributed by atoms with van der Waals surface area (Å²) in [5.74, 6) is -0.309. The molecule has 0 aromatic heterocycles. The molecule has 1 atom stereocenters. The van der Waals surface area contributed by atoms with Gasteiger partial charge in [0.1, 0.15) is 4.90 Å². The minimum atomic E-state index is -3.78. The first-order valence-electron chi connectivity index (χ1n) is 9.23. The number of nitrogens with one attached hydrogen (secondary N) is 1. The lowest BCUT2D eigenvalue weighted by Gasteiger charge is -2.26. The van der Waals surface area contributed by atoms with Crippen LogP contribution in [0.2, 0.25) is 5.02 Å². The summed E-state index contributed by atoms with van der Waals surface area (Å²) in [6, 6.07) is 12.3. The van der Waals surface area contributed by atoms with Gasteiger partial charge in [0.25, 0.3) is 5.91 Å². The van der Waals surface area contributed by atoms with Crippen molar-refractivity contribution in [2.75, 3.05) is 26.3 Å². The van der Waals surface area contributed by atoms with Gasteiger partial charge in [-0.05, 0) is 42.2 Å². The standard InChI is InChI=1S/C20H21ClN2O4S/c21-17-7-5-15(13-19(17)28(25,26)23-9-11-27-12-10-23)20(24)22-18-8-6-14-3-1-2-4-16(14)18/h1-5,7,13,18H,6,8-12H2,(H,22,24)/t18-/m0/s1. The van der Waals surface area contributed by atoms with E-state index in [4.69, 9.17) is 16.3 Å². The van der Waals surface area contributed by atoms with Crippen LogP contribution < -0.4 is 5.32 Å². The van der Waals surface area contributed by atoms with Crippen molar-refractivity contribution < 1.29 is 17.9 Å². The van der Waals surface area contributed by atoms with Crippen molar-refractivity contribution in [3.63, 3.8) is 0 Å². The van der Waals surface area contributed by atoms with Crippen LogP contribution in [0.25, 0.3) is 0 Å². The first kappa shape index (κ1) is 19.4. The highest BCUT2D eigenvalue weighted by Gasteiger charge is 2.30. The summed E-state index contributed by atoms with van der Waals surface area (Å²) in [5, 5.41) is 3.12. The van der Waals surface area contributed by atoms with Crippen LogP contribution in [0.5, 0.6) is 0 Å². The van der Waals surface area contributed by atoms with E-state index in [0.717, 1.165) is 18.4 Å².